The van der Waals surface area contributed by atoms with Crippen molar-refractivity contribution in [2.24, 2.45) is 5.92 Å². The first kappa shape index (κ1) is 18.6. The first-order valence-corrected chi connectivity index (χ1v) is 6.98. The van der Waals surface area contributed by atoms with E-state index in [1.54, 1.807) is 11.3 Å². The molecule has 1 aliphatic heterocycles. The van der Waals surface area contributed by atoms with Crippen molar-refractivity contribution in [1.29, 1.82) is 0 Å². The van der Waals surface area contributed by atoms with Gasteiger partial charge in [-0.05, 0) is 33.2 Å². The number of carbonyl (C=O) groups is 1. The summed E-state index contributed by atoms with van der Waals surface area (Å²) >= 11 is 1.60. The van der Waals surface area contributed by atoms with Crippen LogP contribution in [-0.2, 0) is 4.79 Å². The summed E-state index contributed by atoms with van der Waals surface area (Å²) < 4.78 is 0. The van der Waals surface area contributed by atoms with E-state index in [4.69, 9.17) is 0 Å². The maximum absolute atomic E-state index is 12.0. The summed E-state index contributed by atoms with van der Waals surface area (Å²) in [5.74, 6) is 0.268. The number of aryl methyl sites for hydroxylation is 1. The summed E-state index contributed by atoms with van der Waals surface area (Å²) in [5.41, 5.74) is 1.02. The van der Waals surface area contributed by atoms with Gasteiger partial charge in [0.2, 0.25) is 5.91 Å². The Balaban J connectivity index is 0.00000162. The van der Waals surface area contributed by atoms with Crippen molar-refractivity contribution >= 4 is 42.1 Å². The smallest absolute Gasteiger partial charge is 0.224 e. The number of nitrogens with zero attached hydrogens (tertiary/aromatic N) is 1. The number of halogens is 2. The number of hydrogen-bond acceptors (Lipinski definition) is 4. The summed E-state index contributed by atoms with van der Waals surface area (Å²) in [6.07, 6.45) is 2.07. The molecular formula is C12H21Cl2N3OS. The molecule has 0 spiro atoms. The van der Waals surface area contributed by atoms with Gasteiger partial charge in [-0.3, -0.25) is 4.79 Å². The van der Waals surface area contributed by atoms with Crippen LogP contribution in [0.5, 0.6) is 0 Å². The van der Waals surface area contributed by atoms with Gasteiger partial charge in [-0.15, -0.1) is 36.2 Å². The molecule has 1 aromatic rings. The largest absolute Gasteiger partial charge is 0.347 e. The van der Waals surface area contributed by atoms with Gasteiger partial charge < -0.3 is 10.6 Å². The molecule has 2 atom stereocenters. The van der Waals surface area contributed by atoms with E-state index >= 15 is 0 Å². The van der Waals surface area contributed by atoms with Crippen LogP contribution in [0.3, 0.4) is 0 Å². The molecule has 1 saturated heterocycles. The molecule has 2 heterocycles. The third-order valence-corrected chi connectivity index (χ3v) is 4.18. The summed E-state index contributed by atoms with van der Waals surface area (Å²) in [7, 11) is 0. The topological polar surface area (TPSA) is 54.0 Å². The number of hydrogen-bond donors (Lipinski definition) is 2. The molecule has 110 valence electrons. The Morgan fingerprint density at radius 1 is 1.58 bits per heavy atom. The number of piperidine rings is 1. The second-order valence-electron chi connectivity index (χ2n) is 4.60. The minimum atomic E-state index is 0. The first-order chi connectivity index (χ1) is 8.16. The fraction of sp³-hybridized carbons (Fsp3) is 0.667. The molecule has 1 aliphatic rings. The van der Waals surface area contributed by atoms with Crippen molar-refractivity contribution in [2.45, 2.75) is 32.7 Å². The van der Waals surface area contributed by atoms with Crippen molar-refractivity contribution < 1.29 is 4.79 Å². The molecule has 1 unspecified atom stereocenters. The van der Waals surface area contributed by atoms with Gasteiger partial charge in [-0.2, -0.15) is 0 Å². The van der Waals surface area contributed by atoms with Gasteiger partial charge in [-0.25, -0.2) is 4.98 Å². The predicted octanol–water partition coefficient (Wildman–Crippen LogP) is 2.47. The number of carbonyl (C=O) groups excluding carboxylic acids is 1. The van der Waals surface area contributed by atoms with E-state index < -0.39 is 0 Å². The van der Waals surface area contributed by atoms with Gasteiger partial charge in [0.05, 0.1) is 12.0 Å². The molecule has 19 heavy (non-hydrogen) atoms. The molecule has 0 aromatic carbocycles. The van der Waals surface area contributed by atoms with Crippen LogP contribution >= 0.6 is 36.2 Å². The lowest BCUT2D eigenvalue weighted by Gasteiger charge is -2.23. The summed E-state index contributed by atoms with van der Waals surface area (Å²) in [4.78, 5) is 16.4. The SMILES string of the molecule is Cc1csc(C(C)NC(=O)[C@@H]2CCCNC2)n1.Cl.Cl. The summed E-state index contributed by atoms with van der Waals surface area (Å²) in [6.45, 7) is 5.80. The van der Waals surface area contributed by atoms with E-state index in [0.29, 0.717) is 0 Å². The van der Waals surface area contributed by atoms with Gasteiger partial charge in [0.15, 0.2) is 0 Å². The van der Waals surface area contributed by atoms with Gasteiger partial charge in [0.1, 0.15) is 5.01 Å². The Morgan fingerprint density at radius 2 is 2.32 bits per heavy atom. The fourth-order valence-electron chi connectivity index (χ4n) is 2.04. The van der Waals surface area contributed by atoms with Crippen LogP contribution < -0.4 is 10.6 Å². The average molecular weight is 326 g/mol. The number of nitrogens with one attached hydrogen (secondary N) is 2. The van der Waals surface area contributed by atoms with Crippen LogP contribution in [0.25, 0.3) is 0 Å². The summed E-state index contributed by atoms with van der Waals surface area (Å²) in [5, 5.41) is 9.31. The molecule has 1 amide bonds. The maximum Gasteiger partial charge on any atom is 0.224 e. The Hall–Kier alpha value is -0.360. The van der Waals surface area contributed by atoms with Crippen molar-refractivity contribution in [3.8, 4) is 0 Å². The van der Waals surface area contributed by atoms with Crippen molar-refractivity contribution in [3.63, 3.8) is 0 Å². The standard InChI is InChI=1S/C12H19N3OS.2ClH/c1-8-7-17-12(14-8)9(2)15-11(16)10-4-3-5-13-6-10;;/h7,9-10,13H,3-6H2,1-2H3,(H,15,16);2*1H/t9?,10-;;/m1../s1. The minimum absolute atomic E-state index is 0. The number of rotatable bonds is 3. The molecule has 4 nitrogen and oxygen atoms in total. The summed E-state index contributed by atoms with van der Waals surface area (Å²) in [6, 6.07) is 0.0168. The monoisotopic (exact) mass is 325 g/mol. The fourth-order valence-corrected chi connectivity index (χ4v) is 2.84. The normalized spacial score (nSPS) is 19.8. The van der Waals surface area contributed by atoms with E-state index in [-0.39, 0.29) is 42.7 Å². The number of aromatic nitrogens is 1. The number of thiazole rings is 1. The maximum atomic E-state index is 12.0. The van der Waals surface area contributed by atoms with E-state index in [2.05, 4.69) is 15.6 Å². The van der Waals surface area contributed by atoms with E-state index in [1.165, 1.54) is 0 Å². The molecule has 0 aliphatic carbocycles. The zero-order chi connectivity index (χ0) is 12.3. The number of amides is 1. The quantitative estimate of drug-likeness (QED) is 0.897. The van der Waals surface area contributed by atoms with Crippen molar-refractivity contribution in [1.82, 2.24) is 15.6 Å². The highest BCUT2D eigenvalue weighted by Gasteiger charge is 2.23. The minimum Gasteiger partial charge on any atom is -0.347 e. The molecule has 0 radical (unpaired) electrons. The van der Waals surface area contributed by atoms with Gasteiger partial charge >= 0.3 is 0 Å². The highest BCUT2D eigenvalue weighted by atomic mass is 35.5. The zero-order valence-corrected chi connectivity index (χ0v) is 13.6. The first-order valence-electron chi connectivity index (χ1n) is 6.10. The van der Waals surface area contributed by atoms with Gasteiger partial charge in [-0.1, -0.05) is 0 Å². The third kappa shape index (κ3) is 5.26. The van der Waals surface area contributed by atoms with E-state index in [9.17, 15) is 4.79 Å². The van der Waals surface area contributed by atoms with E-state index in [0.717, 1.165) is 36.6 Å². The lowest BCUT2D eigenvalue weighted by molar-refractivity contribution is -0.126. The van der Waals surface area contributed by atoms with Crippen LogP contribution in [0, 0.1) is 12.8 Å². The van der Waals surface area contributed by atoms with Gasteiger partial charge in [0.25, 0.3) is 0 Å². The lowest BCUT2D eigenvalue weighted by atomic mass is 9.98. The molecule has 1 fully saturated rings. The molecule has 2 N–H and O–H groups in total. The Labute approximate surface area is 130 Å². The zero-order valence-electron chi connectivity index (χ0n) is 11.1. The van der Waals surface area contributed by atoms with Crippen LogP contribution in [0.15, 0.2) is 5.38 Å². The molecule has 7 heteroatoms. The second-order valence-corrected chi connectivity index (χ2v) is 5.49. The molecule has 0 bridgehead atoms. The second kappa shape index (κ2) is 8.74. The predicted molar refractivity (Wildman–Crippen MR) is 83.5 cm³/mol. The van der Waals surface area contributed by atoms with Gasteiger partial charge in [0, 0.05) is 17.6 Å². The highest BCUT2D eigenvalue weighted by Crippen LogP contribution is 2.19. The lowest BCUT2D eigenvalue weighted by Crippen LogP contribution is -2.41. The molecule has 2 rings (SSSR count). The van der Waals surface area contributed by atoms with Crippen LogP contribution in [-0.4, -0.2) is 24.0 Å². The van der Waals surface area contributed by atoms with Crippen LogP contribution in [0.4, 0.5) is 0 Å². The Bertz CT molecular complexity index is 394. The molecule has 0 saturated carbocycles. The average Bonchev–Trinajstić information content (AvgIpc) is 2.77. The highest BCUT2D eigenvalue weighted by molar-refractivity contribution is 7.09. The van der Waals surface area contributed by atoms with Crippen LogP contribution in [0.2, 0.25) is 0 Å². The van der Waals surface area contributed by atoms with Crippen LogP contribution in [0.1, 0.15) is 36.5 Å². The van der Waals surface area contributed by atoms with E-state index in [1.807, 2.05) is 19.2 Å². The Morgan fingerprint density at radius 3 is 2.84 bits per heavy atom. The molecule has 1 aromatic heterocycles. The Kier molecular flexibility index (Phi) is 8.57. The third-order valence-electron chi connectivity index (χ3n) is 3.03. The van der Waals surface area contributed by atoms with Crippen molar-refractivity contribution in [2.75, 3.05) is 13.1 Å². The molecular weight excluding hydrogens is 305 g/mol. The van der Waals surface area contributed by atoms with Crippen molar-refractivity contribution in [3.05, 3.63) is 16.1 Å².